The first-order valence-corrected chi connectivity index (χ1v) is 12.5. The molecule has 6 rings (SSSR count). The van der Waals surface area contributed by atoms with E-state index >= 15 is 0 Å². The number of aromatic hydroxyl groups is 1. The highest BCUT2D eigenvalue weighted by molar-refractivity contribution is 6.42. The number of rotatable bonds is 5. The Balaban J connectivity index is 1.29. The molecule has 0 amide bonds. The van der Waals surface area contributed by atoms with Crippen molar-refractivity contribution in [2.75, 3.05) is 0 Å². The number of fused-ring (bicyclic) bond motifs is 2. The van der Waals surface area contributed by atoms with Gasteiger partial charge in [-0.05, 0) is 84.3 Å². The molecular formula is C29H17Cl3N2O3. The van der Waals surface area contributed by atoms with E-state index < -0.39 is 0 Å². The maximum atomic E-state index is 12.8. The smallest absolute Gasteiger partial charge is 0.228 e. The van der Waals surface area contributed by atoms with E-state index in [0.29, 0.717) is 49.5 Å². The third-order valence-corrected chi connectivity index (χ3v) is 7.13. The Labute approximate surface area is 226 Å². The summed E-state index contributed by atoms with van der Waals surface area (Å²) in [5, 5.41) is 12.8. The minimum Gasteiger partial charge on any atom is -0.507 e. The second kappa shape index (κ2) is 9.27. The first-order chi connectivity index (χ1) is 17.8. The number of imidazole rings is 1. The van der Waals surface area contributed by atoms with E-state index in [1.165, 1.54) is 0 Å². The SMILES string of the molecule is O=C(c1ccc(Cl)cc1)c1cc2cc(Cc3ccc(O)c(-c4nc5cc(Cl)c(Cl)cc5[nH]4)c3)ccc2o1. The van der Waals surface area contributed by atoms with Crippen molar-refractivity contribution < 1.29 is 14.3 Å². The number of halogens is 3. The Morgan fingerprint density at radius 3 is 2.41 bits per heavy atom. The second-order valence-electron chi connectivity index (χ2n) is 8.72. The van der Waals surface area contributed by atoms with Gasteiger partial charge in [0.05, 0.1) is 26.6 Å². The van der Waals surface area contributed by atoms with Crippen molar-refractivity contribution in [2.24, 2.45) is 0 Å². The quantitative estimate of drug-likeness (QED) is 0.212. The number of phenols is 1. The van der Waals surface area contributed by atoms with Crippen LogP contribution in [0.3, 0.4) is 0 Å². The lowest BCUT2D eigenvalue weighted by atomic mass is 10.0. The largest absolute Gasteiger partial charge is 0.507 e. The molecule has 5 nitrogen and oxygen atoms in total. The molecule has 0 saturated carbocycles. The molecule has 6 aromatic rings. The lowest BCUT2D eigenvalue weighted by molar-refractivity contribution is 0.101. The maximum Gasteiger partial charge on any atom is 0.228 e. The summed E-state index contributed by atoms with van der Waals surface area (Å²) in [5.74, 6) is 0.691. The zero-order valence-corrected chi connectivity index (χ0v) is 21.3. The first-order valence-electron chi connectivity index (χ1n) is 11.3. The van der Waals surface area contributed by atoms with Gasteiger partial charge in [-0.3, -0.25) is 4.79 Å². The van der Waals surface area contributed by atoms with Crippen molar-refractivity contribution in [3.8, 4) is 17.1 Å². The highest BCUT2D eigenvalue weighted by Crippen LogP contribution is 2.33. The standard InChI is InChI=1S/C29H17Cl3N2O3/c30-19-5-3-17(4-6-19)28(36)27-12-18-10-15(2-8-26(18)37-27)9-16-1-7-25(35)20(11-16)29-33-23-13-21(31)22(32)14-24(23)34-29/h1-8,10-14,35H,9H2,(H,33,34). The summed E-state index contributed by atoms with van der Waals surface area (Å²) in [6.45, 7) is 0. The number of ketones is 1. The Morgan fingerprint density at radius 2 is 1.59 bits per heavy atom. The highest BCUT2D eigenvalue weighted by atomic mass is 35.5. The van der Waals surface area contributed by atoms with Crippen LogP contribution < -0.4 is 0 Å². The zero-order chi connectivity index (χ0) is 25.7. The molecule has 0 bridgehead atoms. The number of aromatic nitrogens is 2. The molecule has 2 N–H and O–H groups in total. The molecule has 0 aliphatic heterocycles. The van der Waals surface area contributed by atoms with Crippen LogP contribution in [0.1, 0.15) is 27.2 Å². The summed E-state index contributed by atoms with van der Waals surface area (Å²) in [6.07, 6.45) is 0.604. The van der Waals surface area contributed by atoms with Crippen molar-refractivity contribution >= 4 is 62.6 Å². The highest BCUT2D eigenvalue weighted by Gasteiger charge is 2.16. The minimum atomic E-state index is -0.203. The molecule has 0 spiro atoms. The fraction of sp³-hybridized carbons (Fsp3) is 0.0345. The van der Waals surface area contributed by atoms with Crippen molar-refractivity contribution in [3.63, 3.8) is 0 Å². The summed E-state index contributed by atoms with van der Waals surface area (Å²) < 4.78 is 5.81. The monoisotopic (exact) mass is 546 g/mol. The number of H-pyrrole nitrogens is 1. The predicted octanol–water partition coefficient (Wildman–Crippen LogP) is 8.46. The Morgan fingerprint density at radius 1 is 0.865 bits per heavy atom. The summed E-state index contributed by atoms with van der Waals surface area (Å²) >= 11 is 18.2. The van der Waals surface area contributed by atoms with Gasteiger partial charge in [0.1, 0.15) is 17.2 Å². The van der Waals surface area contributed by atoms with Crippen LogP contribution in [0, 0.1) is 0 Å². The number of hydrogen-bond acceptors (Lipinski definition) is 4. The molecule has 2 aromatic heterocycles. The van der Waals surface area contributed by atoms with E-state index in [1.807, 2.05) is 30.3 Å². The molecule has 0 aliphatic carbocycles. The number of aromatic amines is 1. The molecule has 0 saturated heterocycles. The van der Waals surface area contributed by atoms with E-state index in [2.05, 4.69) is 9.97 Å². The maximum absolute atomic E-state index is 12.8. The van der Waals surface area contributed by atoms with Crippen molar-refractivity contribution in [1.82, 2.24) is 9.97 Å². The molecule has 0 atom stereocenters. The van der Waals surface area contributed by atoms with Gasteiger partial charge in [-0.2, -0.15) is 0 Å². The number of furan rings is 1. The number of nitrogens with one attached hydrogen (secondary N) is 1. The second-order valence-corrected chi connectivity index (χ2v) is 9.97. The van der Waals surface area contributed by atoms with Gasteiger partial charge in [-0.15, -0.1) is 0 Å². The summed E-state index contributed by atoms with van der Waals surface area (Å²) in [6, 6.07) is 23.1. The van der Waals surface area contributed by atoms with Gasteiger partial charge in [0.2, 0.25) is 5.78 Å². The van der Waals surface area contributed by atoms with E-state index in [4.69, 9.17) is 39.2 Å². The van der Waals surface area contributed by atoms with Gasteiger partial charge in [0.25, 0.3) is 0 Å². The van der Waals surface area contributed by atoms with Gasteiger partial charge in [-0.25, -0.2) is 4.98 Å². The lowest BCUT2D eigenvalue weighted by Gasteiger charge is -2.07. The summed E-state index contributed by atoms with van der Waals surface area (Å²) in [7, 11) is 0. The molecule has 4 aromatic carbocycles. The third-order valence-electron chi connectivity index (χ3n) is 6.16. The Hall–Kier alpha value is -3.77. The van der Waals surface area contributed by atoms with E-state index in [0.717, 1.165) is 22.0 Å². The van der Waals surface area contributed by atoms with Crippen molar-refractivity contribution in [2.45, 2.75) is 6.42 Å². The first kappa shape index (κ1) is 23.6. The molecule has 0 aliphatic rings. The zero-order valence-electron chi connectivity index (χ0n) is 19.1. The van der Waals surface area contributed by atoms with Gasteiger partial charge in [0.15, 0.2) is 5.76 Å². The fourth-order valence-electron chi connectivity index (χ4n) is 4.31. The Kier molecular flexibility index (Phi) is 5.92. The molecule has 37 heavy (non-hydrogen) atoms. The number of carbonyl (C=O) groups excluding carboxylic acids is 1. The Bertz CT molecular complexity index is 1780. The molecule has 0 unspecified atom stereocenters. The van der Waals surface area contributed by atoms with Gasteiger partial charge < -0.3 is 14.5 Å². The van der Waals surface area contributed by atoms with Crippen molar-refractivity contribution in [3.05, 3.63) is 116 Å². The summed E-state index contributed by atoms with van der Waals surface area (Å²) in [4.78, 5) is 20.6. The van der Waals surface area contributed by atoms with Crippen LogP contribution in [0.2, 0.25) is 15.1 Å². The lowest BCUT2D eigenvalue weighted by Crippen LogP contribution is -1.98. The van der Waals surface area contributed by atoms with Crippen LogP contribution >= 0.6 is 34.8 Å². The van der Waals surface area contributed by atoms with Gasteiger partial charge in [-0.1, -0.05) is 46.9 Å². The topological polar surface area (TPSA) is 79.1 Å². The minimum absolute atomic E-state index is 0.107. The molecule has 8 heteroatoms. The van der Waals surface area contributed by atoms with Crippen LogP contribution in [0.25, 0.3) is 33.4 Å². The number of benzene rings is 4. The summed E-state index contributed by atoms with van der Waals surface area (Å²) in [5.41, 5.74) is 5.10. The number of nitrogens with zero attached hydrogens (tertiary/aromatic N) is 1. The van der Waals surface area contributed by atoms with Crippen LogP contribution in [-0.4, -0.2) is 20.9 Å². The average Bonchev–Trinajstić information content (AvgIpc) is 3.49. The molecule has 182 valence electrons. The van der Waals surface area contributed by atoms with Crippen molar-refractivity contribution in [1.29, 1.82) is 0 Å². The normalized spacial score (nSPS) is 11.4. The van der Waals surface area contributed by atoms with E-state index in [-0.39, 0.29) is 17.3 Å². The number of phenolic OH excluding ortho intramolecular Hbond substituents is 1. The van der Waals surface area contributed by atoms with Gasteiger partial charge >= 0.3 is 0 Å². The number of hydrogen-bond donors (Lipinski definition) is 2. The van der Waals surface area contributed by atoms with Crippen LogP contribution in [0.15, 0.2) is 83.3 Å². The fourth-order valence-corrected chi connectivity index (χ4v) is 4.76. The molecular weight excluding hydrogens is 531 g/mol. The van der Waals surface area contributed by atoms with E-state index in [1.54, 1.807) is 48.5 Å². The molecule has 2 heterocycles. The third kappa shape index (κ3) is 4.58. The van der Waals surface area contributed by atoms with Crippen LogP contribution in [0.5, 0.6) is 5.75 Å². The van der Waals surface area contributed by atoms with E-state index in [9.17, 15) is 9.90 Å². The number of carbonyl (C=O) groups is 1. The molecule has 0 fully saturated rings. The van der Waals surface area contributed by atoms with Crippen LogP contribution in [-0.2, 0) is 6.42 Å². The van der Waals surface area contributed by atoms with Crippen LogP contribution in [0.4, 0.5) is 0 Å². The molecule has 0 radical (unpaired) electrons. The van der Waals surface area contributed by atoms with Gasteiger partial charge in [0, 0.05) is 16.0 Å². The average molecular weight is 548 g/mol. The predicted molar refractivity (Wildman–Crippen MR) is 147 cm³/mol.